The van der Waals surface area contributed by atoms with Gasteiger partial charge in [0.05, 0.1) is 0 Å². The largest absolute Gasteiger partial charge is 0.405 e. The van der Waals surface area contributed by atoms with E-state index >= 15 is 0 Å². The highest BCUT2D eigenvalue weighted by molar-refractivity contribution is 5.67. The number of nitrogens with two attached hydrogens (primary N) is 1. The Hall–Kier alpha value is -2.80. The highest BCUT2D eigenvalue weighted by Gasteiger charge is 2.17. The maximum Gasteiger partial charge on any atom is -0.0106 e. The van der Waals surface area contributed by atoms with Crippen LogP contribution in [0.3, 0.4) is 0 Å². The first-order valence-corrected chi connectivity index (χ1v) is 11.0. The molecule has 3 aromatic rings. The molecule has 0 fully saturated rings. The molecule has 1 nitrogen and oxygen atoms in total. The molecule has 0 heterocycles. The summed E-state index contributed by atoms with van der Waals surface area (Å²) in [5.41, 5.74) is 13.2. The zero-order chi connectivity index (χ0) is 22.0. The predicted octanol–water partition coefficient (Wildman–Crippen LogP) is 7.61. The molecular formula is C29H37N. The zero-order valence-corrected chi connectivity index (χ0v) is 19.1. The summed E-state index contributed by atoms with van der Waals surface area (Å²) in [5.74, 6) is 0. The second kappa shape index (κ2) is 11.4. The fourth-order valence-corrected chi connectivity index (χ4v) is 3.57. The van der Waals surface area contributed by atoms with E-state index in [1.807, 2.05) is 0 Å². The molecule has 0 saturated heterocycles. The van der Waals surface area contributed by atoms with E-state index in [0.29, 0.717) is 0 Å². The highest BCUT2D eigenvalue weighted by atomic mass is 14.5. The third-order valence-electron chi connectivity index (χ3n) is 5.96. The van der Waals surface area contributed by atoms with Gasteiger partial charge in [-0.05, 0) is 77.6 Å². The van der Waals surface area contributed by atoms with Crippen LogP contribution >= 0.6 is 0 Å². The Morgan fingerprint density at radius 2 is 1.33 bits per heavy atom. The molecule has 0 radical (unpaired) electrons. The van der Waals surface area contributed by atoms with Gasteiger partial charge in [-0.2, -0.15) is 0 Å². The number of benzene rings is 3. The maximum atomic E-state index is 4.61. The fraction of sp³-hybridized carbons (Fsp3) is 0.310. The van der Waals surface area contributed by atoms with E-state index in [1.54, 1.807) is 0 Å². The Balaban J connectivity index is 0.00000101. The van der Waals surface area contributed by atoms with Crippen LogP contribution in [0.4, 0.5) is 0 Å². The van der Waals surface area contributed by atoms with Crippen LogP contribution in [-0.2, 0) is 18.3 Å². The van der Waals surface area contributed by atoms with Crippen LogP contribution in [0.15, 0.2) is 85.6 Å². The Morgan fingerprint density at radius 1 is 0.833 bits per heavy atom. The van der Waals surface area contributed by atoms with Crippen LogP contribution in [0.2, 0.25) is 0 Å². The smallest absolute Gasteiger partial charge is 0.0106 e. The quantitative estimate of drug-likeness (QED) is 0.434. The van der Waals surface area contributed by atoms with Crippen molar-refractivity contribution in [3.8, 4) is 11.1 Å². The topological polar surface area (TPSA) is 26.0 Å². The monoisotopic (exact) mass is 399 g/mol. The summed E-state index contributed by atoms with van der Waals surface area (Å²) in [7, 11) is 0. The van der Waals surface area contributed by atoms with Crippen LogP contribution in [0.25, 0.3) is 11.1 Å². The predicted molar refractivity (Wildman–Crippen MR) is 133 cm³/mol. The average Bonchev–Trinajstić information content (AvgIpc) is 2.76. The number of hydrogen-bond acceptors (Lipinski definition) is 1. The van der Waals surface area contributed by atoms with Crippen LogP contribution in [0.1, 0.15) is 55.9 Å². The number of hydrogen-bond donors (Lipinski definition) is 1. The summed E-state index contributed by atoms with van der Waals surface area (Å²) < 4.78 is 0. The first-order valence-electron chi connectivity index (χ1n) is 11.0. The van der Waals surface area contributed by atoms with Gasteiger partial charge in [0, 0.05) is 0 Å². The molecule has 2 N–H and O–H groups in total. The van der Waals surface area contributed by atoms with Gasteiger partial charge in [-0.1, -0.05) is 100 Å². The van der Waals surface area contributed by atoms with Crippen molar-refractivity contribution in [3.63, 3.8) is 0 Å². The highest BCUT2D eigenvalue weighted by Crippen LogP contribution is 2.27. The van der Waals surface area contributed by atoms with Gasteiger partial charge in [-0.15, -0.1) is 0 Å². The summed E-state index contributed by atoms with van der Waals surface area (Å²) in [6.07, 6.45) is 5.90. The Labute approximate surface area is 183 Å². The Morgan fingerprint density at radius 3 is 1.83 bits per heavy atom. The van der Waals surface area contributed by atoms with E-state index in [0.717, 1.165) is 12.8 Å². The minimum atomic E-state index is 0.275. The average molecular weight is 400 g/mol. The number of aryl methyl sites for hydroxylation is 3. The van der Waals surface area contributed by atoms with Crippen molar-refractivity contribution in [2.45, 2.75) is 58.8 Å². The van der Waals surface area contributed by atoms with Crippen molar-refractivity contribution in [2.24, 2.45) is 5.73 Å². The van der Waals surface area contributed by atoms with E-state index in [4.69, 9.17) is 0 Å². The molecular weight excluding hydrogens is 362 g/mol. The van der Waals surface area contributed by atoms with Crippen LogP contribution in [0.5, 0.6) is 0 Å². The van der Waals surface area contributed by atoms with Crippen molar-refractivity contribution >= 4 is 0 Å². The van der Waals surface area contributed by atoms with Crippen molar-refractivity contribution in [2.75, 3.05) is 0 Å². The zero-order valence-electron chi connectivity index (χ0n) is 19.1. The lowest BCUT2D eigenvalue weighted by Gasteiger charge is -2.23. The fourth-order valence-electron chi connectivity index (χ4n) is 3.57. The van der Waals surface area contributed by atoms with E-state index in [1.165, 1.54) is 52.4 Å². The summed E-state index contributed by atoms with van der Waals surface area (Å²) in [5, 5.41) is 0. The lowest BCUT2D eigenvalue weighted by Crippen LogP contribution is -2.15. The van der Waals surface area contributed by atoms with Crippen LogP contribution in [0, 0.1) is 6.92 Å². The molecule has 0 bridgehead atoms. The van der Waals surface area contributed by atoms with Gasteiger partial charge in [0.1, 0.15) is 0 Å². The minimum Gasteiger partial charge on any atom is -0.405 e. The van der Waals surface area contributed by atoms with Gasteiger partial charge < -0.3 is 5.73 Å². The van der Waals surface area contributed by atoms with Gasteiger partial charge in [0.15, 0.2) is 0 Å². The molecule has 158 valence electrons. The second-order valence-electron chi connectivity index (χ2n) is 8.54. The molecule has 3 aromatic carbocycles. The van der Waals surface area contributed by atoms with Gasteiger partial charge in [-0.25, -0.2) is 0 Å². The van der Waals surface area contributed by atoms with Crippen molar-refractivity contribution in [3.05, 3.63) is 108 Å². The van der Waals surface area contributed by atoms with Gasteiger partial charge >= 0.3 is 0 Å². The van der Waals surface area contributed by atoms with E-state index in [9.17, 15) is 0 Å². The lowest BCUT2D eigenvalue weighted by molar-refractivity contribution is 0.506. The SMILES string of the molecule is C=CN.CCC(C)(C)c1ccc(CCCc2ccc(-c3ccccc3C)cc2)cc1. The summed E-state index contributed by atoms with van der Waals surface area (Å²) in [6, 6.07) is 27.0. The van der Waals surface area contributed by atoms with E-state index in [-0.39, 0.29) is 5.41 Å². The molecule has 0 amide bonds. The minimum absolute atomic E-state index is 0.275. The molecule has 0 aromatic heterocycles. The third kappa shape index (κ3) is 6.62. The summed E-state index contributed by atoms with van der Waals surface area (Å²) >= 11 is 0. The first kappa shape index (κ1) is 23.5. The van der Waals surface area contributed by atoms with Crippen molar-refractivity contribution in [1.82, 2.24) is 0 Å². The van der Waals surface area contributed by atoms with Crippen LogP contribution < -0.4 is 5.73 Å². The molecule has 0 aliphatic carbocycles. The Kier molecular flexibility index (Phi) is 8.92. The van der Waals surface area contributed by atoms with Gasteiger partial charge in [0.2, 0.25) is 0 Å². The lowest BCUT2D eigenvalue weighted by atomic mass is 9.82. The second-order valence-corrected chi connectivity index (χ2v) is 8.54. The van der Waals surface area contributed by atoms with Crippen LogP contribution in [-0.4, -0.2) is 0 Å². The molecule has 30 heavy (non-hydrogen) atoms. The molecule has 0 saturated carbocycles. The van der Waals surface area contributed by atoms with Crippen molar-refractivity contribution in [1.29, 1.82) is 0 Å². The molecule has 0 unspecified atom stereocenters. The number of rotatable bonds is 7. The van der Waals surface area contributed by atoms with Crippen molar-refractivity contribution < 1.29 is 0 Å². The molecule has 0 spiro atoms. The molecule has 0 atom stereocenters. The van der Waals surface area contributed by atoms with Gasteiger partial charge in [0.25, 0.3) is 0 Å². The summed E-state index contributed by atoms with van der Waals surface area (Å²) in [6.45, 7) is 12.2. The van der Waals surface area contributed by atoms with E-state index < -0.39 is 0 Å². The van der Waals surface area contributed by atoms with E-state index in [2.05, 4.69) is 113 Å². The summed E-state index contributed by atoms with van der Waals surface area (Å²) in [4.78, 5) is 0. The Bertz CT molecular complexity index is 902. The molecule has 1 heteroatoms. The molecule has 3 rings (SSSR count). The first-order chi connectivity index (χ1) is 14.4. The normalized spacial score (nSPS) is 10.8. The standard InChI is InChI=1S/C27H32.C2H5N/c1-5-27(3,4)25-19-15-23(16-20-25)11-8-10-22-13-17-24(18-14-22)26-12-7-6-9-21(26)2;1-2-3/h6-7,9,12-20H,5,8,10-11H2,1-4H3;2H,1,3H2. The maximum absolute atomic E-state index is 4.61. The molecule has 0 aliphatic rings. The van der Waals surface area contributed by atoms with Gasteiger partial charge in [-0.3, -0.25) is 0 Å². The molecule has 0 aliphatic heterocycles. The third-order valence-corrected chi connectivity index (χ3v) is 5.96.